The van der Waals surface area contributed by atoms with Crippen LogP contribution in [0.1, 0.15) is 74.9 Å². The van der Waals surface area contributed by atoms with E-state index in [1.807, 2.05) is 0 Å². The van der Waals surface area contributed by atoms with Gasteiger partial charge in [-0.05, 0) is 91.0 Å². The fraction of sp³-hybridized carbons (Fsp3) is 0.184. The molecule has 246 valence electrons. The van der Waals surface area contributed by atoms with Gasteiger partial charge in [0, 0.05) is 32.9 Å². The third-order valence-corrected chi connectivity index (χ3v) is 12.3. The number of nitrogens with zero attached hydrogens (tertiary/aromatic N) is 2. The molecule has 0 fully saturated rings. The molecule has 6 aromatic carbocycles. The lowest BCUT2D eigenvalue weighted by molar-refractivity contribution is 0.660. The molecule has 0 unspecified atom stereocenters. The number of hydrogen-bond acceptors (Lipinski definition) is 2. The van der Waals surface area contributed by atoms with Gasteiger partial charge in [-0.2, -0.15) is 0 Å². The molecule has 0 radical (unpaired) electrons. The van der Waals surface area contributed by atoms with Gasteiger partial charge in [-0.25, -0.2) is 9.97 Å². The summed E-state index contributed by atoms with van der Waals surface area (Å²) in [6.07, 6.45) is 0. The van der Waals surface area contributed by atoms with E-state index in [4.69, 9.17) is 9.97 Å². The SMILES string of the molecule is CC1(C)c2ccccc2-c2ccc(-c3cc(-c4ccc5c(c4)C(C)(C)c4ccccc4-5)nc(-c4ccc5c(c4)C(C)(C)c4ccccc4-5)n3)cc21. The van der Waals surface area contributed by atoms with Crippen LogP contribution in [0.3, 0.4) is 0 Å². The van der Waals surface area contributed by atoms with E-state index in [1.54, 1.807) is 0 Å². The minimum absolute atomic E-state index is 0.0955. The van der Waals surface area contributed by atoms with Gasteiger partial charge in [0.2, 0.25) is 0 Å². The summed E-state index contributed by atoms with van der Waals surface area (Å²) in [4.78, 5) is 10.7. The van der Waals surface area contributed by atoms with Crippen molar-refractivity contribution in [2.45, 2.75) is 57.8 Å². The summed E-state index contributed by atoms with van der Waals surface area (Å²) in [6.45, 7) is 14.0. The summed E-state index contributed by atoms with van der Waals surface area (Å²) in [5.74, 6) is 0.753. The highest BCUT2D eigenvalue weighted by atomic mass is 14.9. The van der Waals surface area contributed by atoms with Crippen molar-refractivity contribution in [1.82, 2.24) is 9.97 Å². The topological polar surface area (TPSA) is 25.8 Å². The molecular formula is C49H40N2. The van der Waals surface area contributed by atoms with Crippen LogP contribution in [0.15, 0.2) is 133 Å². The zero-order valence-electron chi connectivity index (χ0n) is 30.1. The number of rotatable bonds is 3. The van der Waals surface area contributed by atoms with Crippen LogP contribution < -0.4 is 0 Å². The van der Waals surface area contributed by atoms with Crippen LogP contribution in [0.5, 0.6) is 0 Å². The summed E-state index contributed by atoms with van der Waals surface area (Å²) in [6, 6.07) is 49.3. The Labute approximate surface area is 300 Å². The molecule has 2 nitrogen and oxygen atoms in total. The van der Waals surface area contributed by atoms with E-state index in [0.29, 0.717) is 0 Å². The largest absolute Gasteiger partial charge is 0.228 e. The van der Waals surface area contributed by atoms with Gasteiger partial charge in [0.25, 0.3) is 0 Å². The number of benzene rings is 6. The fourth-order valence-corrected chi connectivity index (χ4v) is 9.44. The molecule has 0 saturated carbocycles. The lowest BCUT2D eigenvalue weighted by Crippen LogP contribution is -2.15. The van der Waals surface area contributed by atoms with Gasteiger partial charge in [0.1, 0.15) is 0 Å². The zero-order chi connectivity index (χ0) is 34.9. The number of hydrogen-bond donors (Lipinski definition) is 0. The van der Waals surface area contributed by atoms with Crippen molar-refractivity contribution in [2.24, 2.45) is 0 Å². The number of fused-ring (bicyclic) bond motifs is 9. The van der Waals surface area contributed by atoms with Crippen molar-refractivity contribution in [1.29, 1.82) is 0 Å². The zero-order valence-corrected chi connectivity index (χ0v) is 30.1. The smallest absolute Gasteiger partial charge is 0.160 e. The monoisotopic (exact) mass is 656 g/mol. The van der Waals surface area contributed by atoms with Crippen molar-refractivity contribution in [3.63, 3.8) is 0 Å². The average Bonchev–Trinajstić information content (AvgIpc) is 3.64. The van der Waals surface area contributed by atoms with Crippen molar-refractivity contribution in [3.8, 4) is 67.3 Å². The Bertz CT molecular complexity index is 2320. The number of aromatic nitrogens is 2. The van der Waals surface area contributed by atoms with Crippen LogP contribution in [0.2, 0.25) is 0 Å². The van der Waals surface area contributed by atoms with Crippen LogP contribution in [0.4, 0.5) is 0 Å². The van der Waals surface area contributed by atoms with Crippen LogP contribution in [-0.4, -0.2) is 9.97 Å². The molecule has 2 heteroatoms. The Balaban J connectivity index is 1.16. The van der Waals surface area contributed by atoms with E-state index in [2.05, 4.69) is 175 Å². The molecule has 0 bridgehead atoms. The highest BCUT2D eigenvalue weighted by Gasteiger charge is 2.38. The van der Waals surface area contributed by atoms with Gasteiger partial charge < -0.3 is 0 Å². The highest BCUT2D eigenvalue weighted by molar-refractivity contribution is 5.87. The first-order chi connectivity index (χ1) is 24.5. The van der Waals surface area contributed by atoms with Crippen molar-refractivity contribution in [2.75, 3.05) is 0 Å². The summed E-state index contributed by atoms with van der Waals surface area (Å²) < 4.78 is 0. The van der Waals surface area contributed by atoms with Gasteiger partial charge in [-0.3, -0.25) is 0 Å². The lowest BCUT2D eigenvalue weighted by Gasteiger charge is -2.22. The molecule has 10 rings (SSSR count). The maximum Gasteiger partial charge on any atom is 0.160 e. The second kappa shape index (κ2) is 10.2. The van der Waals surface area contributed by atoms with Crippen molar-refractivity contribution < 1.29 is 0 Å². The Morgan fingerprint density at radius 3 is 1.02 bits per heavy atom. The molecule has 0 atom stereocenters. The first-order valence-electron chi connectivity index (χ1n) is 18.2. The van der Waals surface area contributed by atoms with Crippen LogP contribution in [-0.2, 0) is 16.2 Å². The van der Waals surface area contributed by atoms with Crippen LogP contribution >= 0.6 is 0 Å². The first kappa shape index (κ1) is 30.2. The van der Waals surface area contributed by atoms with E-state index in [1.165, 1.54) is 66.8 Å². The molecule has 0 aliphatic heterocycles. The molecule has 3 aliphatic carbocycles. The maximum atomic E-state index is 5.37. The molecular weight excluding hydrogens is 617 g/mol. The van der Waals surface area contributed by atoms with E-state index in [-0.39, 0.29) is 16.2 Å². The standard InChI is InChI=1S/C49H40N2/c1-47(2)38-16-10-7-13-32(38)35-22-19-29(25-41(35)47)44-28-45(30-20-23-36-33-14-8-11-17-39(33)48(3,4)42(36)26-30)51-46(50-44)31-21-24-37-34-15-9-12-18-40(34)49(5,6)43(37)27-31/h7-28H,1-6H3. The third-order valence-electron chi connectivity index (χ3n) is 12.3. The molecule has 0 spiro atoms. The second-order valence-electron chi connectivity index (χ2n) is 16.3. The van der Waals surface area contributed by atoms with E-state index in [9.17, 15) is 0 Å². The Hall–Kier alpha value is -5.60. The van der Waals surface area contributed by atoms with Crippen LogP contribution in [0.25, 0.3) is 67.3 Å². The van der Waals surface area contributed by atoms with Gasteiger partial charge in [-0.15, -0.1) is 0 Å². The minimum atomic E-state index is -0.108. The quantitative estimate of drug-likeness (QED) is 0.189. The fourth-order valence-electron chi connectivity index (χ4n) is 9.44. The summed E-state index contributed by atoms with van der Waals surface area (Å²) in [5, 5.41) is 0. The predicted octanol–water partition coefficient (Wildman–Crippen LogP) is 12.4. The van der Waals surface area contributed by atoms with Crippen LogP contribution in [0, 0.1) is 0 Å². The van der Waals surface area contributed by atoms with E-state index in [0.717, 1.165) is 33.9 Å². The average molecular weight is 657 g/mol. The van der Waals surface area contributed by atoms with Gasteiger partial charge >= 0.3 is 0 Å². The highest BCUT2D eigenvalue weighted by Crippen LogP contribution is 2.52. The normalized spacial score (nSPS) is 16.1. The van der Waals surface area contributed by atoms with Gasteiger partial charge in [0.05, 0.1) is 11.4 Å². The molecule has 1 aromatic heterocycles. The molecule has 0 N–H and O–H groups in total. The molecule has 51 heavy (non-hydrogen) atoms. The Kier molecular flexibility index (Phi) is 6.07. The second-order valence-corrected chi connectivity index (χ2v) is 16.3. The molecule has 0 saturated heterocycles. The van der Waals surface area contributed by atoms with Crippen molar-refractivity contribution >= 4 is 0 Å². The van der Waals surface area contributed by atoms with Gasteiger partial charge in [0.15, 0.2) is 5.82 Å². The molecule has 0 amide bonds. The lowest BCUT2D eigenvalue weighted by atomic mass is 9.81. The summed E-state index contributed by atoms with van der Waals surface area (Å²) in [7, 11) is 0. The third kappa shape index (κ3) is 4.17. The first-order valence-corrected chi connectivity index (χ1v) is 18.2. The van der Waals surface area contributed by atoms with E-state index >= 15 is 0 Å². The molecule has 7 aromatic rings. The Morgan fingerprint density at radius 1 is 0.314 bits per heavy atom. The van der Waals surface area contributed by atoms with Crippen molar-refractivity contribution in [3.05, 3.63) is 167 Å². The van der Waals surface area contributed by atoms with Gasteiger partial charge in [-0.1, -0.05) is 151 Å². The molecule has 1 heterocycles. The molecule has 3 aliphatic rings. The maximum absolute atomic E-state index is 5.37. The minimum Gasteiger partial charge on any atom is -0.228 e. The summed E-state index contributed by atoms with van der Waals surface area (Å²) in [5.41, 5.74) is 20.9. The Morgan fingerprint density at radius 2 is 0.627 bits per heavy atom. The summed E-state index contributed by atoms with van der Waals surface area (Å²) >= 11 is 0. The van der Waals surface area contributed by atoms with E-state index < -0.39 is 0 Å². The predicted molar refractivity (Wildman–Crippen MR) is 211 cm³/mol.